The van der Waals surface area contributed by atoms with Gasteiger partial charge in [0.05, 0.1) is 0 Å². The van der Waals surface area contributed by atoms with Gasteiger partial charge in [0.1, 0.15) is 11.6 Å². The minimum absolute atomic E-state index is 0.0649. The topological polar surface area (TPSA) is 29.1 Å². The first-order valence-corrected chi connectivity index (χ1v) is 7.61. The van der Waals surface area contributed by atoms with Crippen LogP contribution in [0.1, 0.15) is 31.7 Å². The Morgan fingerprint density at radius 2 is 2.35 bits per heavy atom. The van der Waals surface area contributed by atoms with E-state index in [0.29, 0.717) is 28.8 Å². The van der Waals surface area contributed by atoms with E-state index in [1.54, 1.807) is 12.1 Å². The van der Waals surface area contributed by atoms with Crippen molar-refractivity contribution >= 4 is 17.4 Å². The highest BCUT2D eigenvalue weighted by atomic mass is 35.5. The van der Waals surface area contributed by atoms with Gasteiger partial charge in [-0.2, -0.15) is 0 Å². The summed E-state index contributed by atoms with van der Waals surface area (Å²) >= 11 is 5.96. The molecule has 1 heterocycles. The van der Waals surface area contributed by atoms with Crippen molar-refractivity contribution in [3.63, 3.8) is 0 Å². The van der Waals surface area contributed by atoms with Crippen LogP contribution < -0.4 is 5.32 Å². The van der Waals surface area contributed by atoms with E-state index >= 15 is 0 Å². The van der Waals surface area contributed by atoms with Crippen molar-refractivity contribution in [1.82, 2.24) is 5.32 Å². The first-order chi connectivity index (χ1) is 9.58. The zero-order chi connectivity index (χ0) is 14.5. The quantitative estimate of drug-likeness (QED) is 0.899. The number of benzene rings is 1. The summed E-state index contributed by atoms with van der Waals surface area (Å²) in [5.41, 5.74) is 0.327. The Hall–Kier alpha value is -0.930. The minimum atomic E-state index is -0.391. The molecular weight excluding hydrogens is 277 g/mol. The van der Waals surface area contributed by atoms with E-state index in [4.69, 9.17) is 11.6 Å². The third-order valence-corrected chi connectivity index (χ3v) is 4.48. The van der Waals surface area contributed by atoms with Crippen LogP contribution in [0.4, 0.5) is 4.39 Å². The summed E-state index contributed by atoms with van der Waals surface area (Å²) in [4.78, 5) is 12.1. The predicted octanol–water partition coefficient (Wildman–Crippen LogP) is 3.62. The number of hydrogen-bond donors (Lipinski definition) is 1. The average Bonchev–Trinajstić information content (AvgIpc) is 2.44. The third-order valence-electron chi connectivity index (χ3n) is 4.13. The van der Waals surface area contributed by atoms with Gasteiger partial charge in [0.2, 0.25) is 0 Å². The summed E-state index contributed by atoms with van der Waals surface area (Å²) in [5, 5.41) is 3.70. The van der Waals surface area contributed by atoms with Crippen molar-refractivity contribution < 1.29 is 9.18 Å². The molecule has 1 fully saturated rings. The Morgan fingerprint density at radius 1 is 1.55 bits per heavy atom. The largest absolute Gasteiger partial charge is 0.316 e. The second-order valence-electron chi connectivity index (χ2n) is 5.70. The highest BCUT2D eigenvalue weighted by molar-refractivity contribution is 6.31. The number of nitrogens with one attached hydrogen (secondary N) is 1. The molecule has 1 aliphatic heterocycles. The van der Waals surface area contributed by atoms with Crippen LogP contribution in [0.5, 0.6) is 0 Å². The van der Waals surface area contributed by atoms with Crippen LogP contribution in [0, 0.1) is 17.7 Å². The van der Waals surface area contributed by atoms with Crippen LogP contribution >= 0.6 is 11.6 Å². The molecule has 0 radical (unpaired) electrons. The molecule has 2 unspecified atom stereocenters. The average molecular weight is 298 g/mol. The van der Waals surface area contributed by atoms with Crippen molar-refractivity contribution in [2.45, 2.75) is 32.6 Å². The van der Waals surface area contributed by atoms with Crippen molar-refractivity contribution in [3.8, 4) is 0 Å². The lowest BCUT2D eigenvalue weighted by Gasteiger charge is -2.28. The van der Waals surface area contributed by atoms with Gasteiger partial charge in [0.15, 0.2) is 0 Å². The van der Waals surface area contributed by atoms with Crippen LogP contribution in [0.3, 0.4) is 0 Å². The highest BCUT2D eigenvalue weighted by Gasteiger charge is 2.22. The number of piperidine rings is 1. The summed E-state index contributed by atoms with van der Waals surface area (Å²) in [6.45, 7) is 4.16. The molecule has 1 aromatic rings. The standard InChI is InChI=1S/C16H21ClFNO/c1-11(12-4-3-7-19-10-12)8-13(20)9-14-15(17)5-2-6-16(14)18/h2,5-6,11-12,19H,3-4,7-10H2,1H3. The summed E-state index contributed by atoms with van der Waals surface area (Å²) in [5.74, 6) is 0.553. The maximum absolute atomic E-state index is 13.7. The van der Waals surface area contributed by atoms with E-state index in [1.807, 2.05) is 0 Å². The van der Waals surface area contributed by atoms with Crippen molar-refractivity contribution in [3.05, 3.63) is 34.6 Å². The molecule has 2 rings (SSSR count). The Kier molecular flexibility index (Phi) is 5.55. The predicted molar refractivity (Wildman–Crippen MR) is 79.5 cm³/mol. The molecule has 1 N–H and O–H groups in total. The summed E-state index contributed by atoms with van der Waals surface area (Å²) in [7, 11) is 0. The van der Waals surface area contributed by atoms with Crippen LogP contribution in [-0.2, 0) is 11.2 Å². The smallest absolute Gasteiger partial charge is 0.137 e. The summed E-state index contributed by atoms with van der Waals surface area (Å²) < 4.78 is 13.7. The van der Waals surface area contributed by atoms with Crippen LogP contribution in [0.2, 0.25) is 5.02 Å². The number of Topliss-reactive ketones (excluding diaryl/α,β-unsaturated/α-hetero) is 1. The zero-order valence-electron chi connectivity index (χ0n) is 11.8. The van der Waals surface area contributed by atoms with Gasteiger partial charge in [0, 0.05) is 23.4 Å². The number of hydrogen-bond acceptors (Lipinski definition) is 2. The van der Waals surface area contributed by atoms with Gasteiger partial charge in [-0.05, 0) is 49.9 Å². The lowest BCUT2D eigenvalue weighted by atomic mass is 9.83. The molecule has 0 aromatic heterocycles. The molecule has 0 spiro atoms. The second kappa shape index (κ2) is 7.19. The highest BCUT2D eigenvalue weighted by Crippen LogP contribution is 2.25. The maximum atomic E-state index is 13.7. The van der Waals surface area contributed by atoms with Gasteiger partial charge >= 0.3 is 0 Å². The van der Waals surface area contributed by atoms with Gasteiger partial charge in [-0.15, -0.1) is 0 Å². The third kappa shape index (κ3) is 4.03. The number of ketones is 1. The molecule has 1 saturated heterocycles. The Labute approximate surface area is 124 Å². The van der Waals surface area contributed by atoms with Gasteiger partial charge in [-0.25, -0.2) is 4.39 Å². The van der Waals surface area contributed by atoms with Crippen LogP contribution in [0.15, 0.2) is 18.2 Å². The van der Waals surface area contributed by atoms with Crippen molar-refractivity contribution in [2.75, 3.05) is 13.1 Å². The molecule has 1 aliphatic rings. The normalized spacial score (nSPS) is 20.6. The van der Waals surface area contributed by atoms with E-state index in [-0.39, 0.29) is 12.2 Å². The number of carbonyl (C=O) groups is 1. The monoisotopic (exact) mass is 297 g/mol. The van der Waals surface area contributed by atoms with Crippen molar-refractivity contribution in [1.29, 1.82) is 0 Å². The molecule has 0 bridgehead atoms. The molecule has 20 heavy (non-hydrogen) atoms. The molecule has 110 valence electrons. The molecule has 0 amide bonds. The molecule has 1 aromatic carbocycles. The summed E-state index contributed by atoms with van der Waals surface area (Å²) in [6, 6.07) is 4.53. The lowest BCUT2D eigenvalue weighted by molar-refractivity contribution is -0.119. The Bertz CT molecular complexity index is 451. The number of halogens is 2. The van der Waals surface area contributed by atoms with Gasteiger partial charge in [-0.1, -0.05) is 24.6 Å². The Balaban J connectivity index is 1.91. The first-order valence-electron chi connectivity index (χ1n) is 7.23. The SMILES string of the molecule is CC(CC(=O)Cc1c(F)cccc1Cl)C1CCCNC1. The van der Waals surface area contributed by atoms with Gasteiger partial charge in [0.25, 0.3) is 0 Å². The van der Waals surface area contributed by atoms with E-state index in [0.717, 1.165) is 13.1 Å². The molecule has 0 aliphatic carbocycles. The van der Waals surface area contributed by atoms with E-state index in [1.165, 1.54) is 18.9 Å². The lowest BCUT2D eigenvalue weighted by Crippen LogP contribution is -2.34. The minimum Gasteiger partial charge on any atom is -0.316 e. The molecule has 0 saturated carbocycles. The molecule has 2 atom stereocenters. The molecule has 4 heteroatoms. The fraction of sp³-hybridized carbons (Fsp3) is 0.562. The maximum Gasteiger partial charge on any atom is 0.137 e. The molecule has 2 nitrogen and oxygen atoms in total. The van der Waals surface area contributed by atoms with Crippen LogP contribution in [-0.4, -0.2) is 18.9 Å². The summed E-state index contributed by atoms with van der Waals surface area (Å²) in [6.07, 6.45) is 2.93. The first kappa shape index (κ1) is 15.5. The zero-order valence-corrected chi connectivity index (χ0v) is 12.5. The molecular formula is C16H21ClFNO. The fourth-order valence-corrected chi connectivity index (χ4v) is 3.09. The van der Waals surface area contributed by atoms with E-state index in [2.05, 4.69) is 12.2 Å². The number of rotatable bonds is 5. The Morgan fingerprint density at radius 3 is 3.00 bits per heavy atom. The van der Waals surface area contributed by atoms with Gasteiger partial charge < -0.3 is 5.32 Å². The van der Waals surface area contributed by atoms with Gasteiger partial charge in [-0.3, -0.25) is 4.79 Å². The van der Waals surface area contributed by atoms with E-state index in [9.17, 15) is 9.18 Å². The van der Waals surface area contributed by atoms with Crippen LogP contribution in [0.25, 0.3) is 0 Å². The second-order valence-corrected chi connectivity index (χ2v) is 6.11. The fourth-order valence-electron chi connectivity index (χ4n) is 2.86. The van der Waals surface area contributed by atoms with E-state index < -0.39 is 5.82 Å². The number of carbonyl (C=O) groups excluding carboxylic acids is 1. The van der Waals surface area contributed by atoms with Crippen molar-refractivity contribution in [2.24, 2.45) is 11.8 Å².